The monoisotopic (exact) mass is 432 g/mol. The molecule has 0 spiro atoms. The first kappa shape index (κ1) is 23.7. The average Bonchev–Trinajstić information content (AvgIpc) is 1.60. The van der Waals surface area contributed by atoms with E-state index >= 15 is 0 Å². The number of hydrogen-bond donors (Lipinski definition) is 0. The molecular weight excluding hydrogens is 417 g/mol. The van der Waals surface area contributed by atoms with Crippen LogP contribution in [0.5, 0.6) is 0 Å². The van der Waals surface area contributed by atoms with Gasteiger partial charge < -0.3 is 15.8 Å². The smallest absolute Gasteiger partial charge is 0.693 e. The Morgan fingerprint density at radius 2 is 1.62 bits per heavy atom. The van der Waals surface area contributed by atoms with Gasteiger partial charge in [0.15, 0.2) is 0 Å². The minimum Gasteiger partial charge on any atom is -0.693 e. The third-order valence-electron chi connectivity index (χ3n) is 0.652. The molecule has 0 bridgehead atoms. The van der Waals surface area contributed by atoms with Gasteiger partial charge in [0.2, 0.25) is 0 Å². The zero-order valence-electron chi connectivity index (χ0n) is 8.24. The van der Waals surface area contributed by atoms with Gasteiger partial charge in [-0.2, -0.15) is 0 Å². The van der Waals surface area contributed by atoms with Crippen molar-refractivity contribution in [3.05, 3.63) is 20.2 Å². The second-order valence-corrected chi connectivity index (χ2v) is 3.02. The maximum Gasteiger partial charge on any atom is 2.00 e. The molecule has 0 heterocycles. The average molecular weight is 432 g/mol. The van der Waals surface area contributed by atoms with E-state index in [1.807, 2.05) is 0 Å². The minimum atomic E-state index is -0.521. The molecule has 75 valence electrons. The molecule has 0 fully saturated rings. The molecular formula is C7H15N2O2WY-. The van der Waals surface area contributed by atoms with E-state index < -0.39 is 11.7 Å². The minimum absolute atomic E-state index is 0. The molecule has 2 N–H and O–H groups in total. The third-order valence-corrected chi connectivity index (χ3v) is 0.652. The predicted octanol–water partition coefficient (Wildman–Crippen LogP) is 2.52. The van der Waals surface area contributed by atoms with Crippen molar-refractivity contribution < 1.29 is 63.3 Å². The number of carbonyl (C=O) groups excluding carboxylic acids is 1. The Morgan fingerprint density at radius 3 is 1.69 bits per heavy atom. The van der Waals surface area contributed by atoms with Gasteiger partial charge in [-0.1, -0.05) is 0 Å². The molecule has 13 heavy (non-hydrogen) atoms. The molecule has 0 aliphatic heterocycles. The van der Waals surface area contributed by atoms with E-state index in [9.17, 15) is 4.79 Å². The van der Waals surface area contributed by atoms with Gasteiger partial charge in [0.1, 0.15) is 5.60 Å². The Kier molecular flexibility index (Phi) is 17.4. The summed E-state index contributed by atoms with van der Waals surface area (Å²) >= 11 is 0. The fourth-order valence-corrected chi connectivity index (χ4v) is 0.326. The number of carbonyl (C=O) groups is 1. The molecule has 4 nitrogen and oxygen atoms in total. The van der Waals surface area contributed by atoms with Crippen molar-refractivity contribution >= 4 is 6.09 Å². The Bertz CT molecular complexity index is 137. The van der Waals surface area contributed by atoms with Gasteiger partial charge in [-0.3, -0.25) is 14.1 Å². The summed E-state index contributed by atoms with van der Waals surface area (Å²) in [5.41, 5.74) is -0.468. The molecule has 0 aromatic rings. The summed E-state index contributed by atoms with van der Waals surface area (Å²) in [4.78, 5) is 11.6. The van der Waals surface area contributed by atoms with Gasteiger partial charge in [0, 0.05) is 32.7 Å². The molecule has 1 amide bonds. The number of nitrogens with two attached hydrogens (primary N) is 1. The normalized spacial score (nSPS) is 8.38. The van der Waals surface area contributed by atoms with Crippen molar-refractivity contribution in [1.82, 2.24) is 4.90 Å². The Labute approximate surface area is 120 Å². The van der Waals surface area contributed by atoms with E-state index in [0.717, 1.165) is 4.90 Å². The van der Waals surface area contributed by atoms with E-state index in [0.29, 0.717) is 0 Å². The quantitative estimate of drug-likeness (QED) is 0.553. The van der Waals surface area contributed by atoms with E-state index in [4.69, 9.17) is 4.74 Å². The van der Waals surface area contributed by atoms with Crippen LogP contribution in [0.2, 0.25) is 0 Å². The molecule has 0 aromatic carbocycles. The van der Waals surface area contributed by atoms with E-state index in [1.165, 1.54) is 0 Å². The fourth-order valence-electron chi connectivity index (χ4n) is 0.326. The SMILES string of the molecule is [CH2-]N([CH2-])C(=O)OC(C)(C)C.[NH2-].[W+2].[Y]. The van der Waals surface area contributed by atoms with Crippen LogP contribution in [0.1, 0.15) is 20.8 Å². The zero-order chi connectivity index (χ0) is 8.36. The zero-order valence-corrected chi connectivity index (χ0v) is 14.0. The van der Waals surface area contributed by atoms with Crippen LogP contribution in [0.3, 0.4) is 0 Å². The molecule has 0 rings (SSSR count). The first-order valence-electron chi connectivity index (χ1n) is 2.97. The van der Waals surface area contributed by atoms with Crippen LogP contribution in [0.25, 0.3) is 6.15 Å². The number of amides is 1. The Hall–Kier alpha value is 1.02. The van der Waals surface area contributed by atoms with Crippen LogP contribution in [0.4, 0.5) is 4.79 Å². The van der Waals surface area contributed by atoms with Crippen LogP contribution in [-0.2, 0) is 58.5 Å². The molecule has 6 heteroatoms. The van der Waals surface area contributed by atoms with Crippen molar-refractivity contribution in [3.8, 4) is 0 Å². The van der Waals surface area contributed by atoms with Crippen molar-refractivity contribution in [1.29, 1.82) is 0 Å². The summed E-state index contributed by atoms with van der Waals surface area (Å²) < 4.78 is 4.86. The largest absolute Gasteiger partial charge is 2.00 e. The summed E-state index contributed by atoms with van der Waals surface area (Å²) in [5, 5.41) is 0. The van der Waals surface area contributed by atoms with Crippen molar-refractivity contribution in [2.24, 2.45) is 0 Å². The van der Waals surface area contributed by atoms with Crippen molar-refractivity contribution in [2.75, 3.05) is 0 Å². The fraction of sp³-hybridized carbons (Fsp3) is 0.571. The van der Waals surface area contributed by atoms with Crippen molar-refractivity contribution in [3.63, 3.8) is 0 Å². The van der Waals surface area contributed by atoms with Crippen LogP contribution in [0.15, 0.2) is 0 Å². The second kappa shape index (κ2) is 9.57. The van der Waals surface area contributed by atoms with E-state index in [-0.39, 0.29) is 59.9 Å². The summed E-state index contributed by atoms with van der Waals surface area (Å²) in [5.74, 6) is 0. The third kappa shape index (κ3) is 15.8. The van der Waals surface area contributed by atoms with E-state index in [1.54, 1.807) is 20.8 Å². The van der Waals surface area contributed by atoms with Gasteiger partial charge in [0.05, 0.1) is 0 Å². The molecule has 0 aromatic heterocycles. The van der Waals surface area contributed by atoms with Gasteiger partial charge in [-0.05, 0) is 20.8 Å². The van der Waals surface area contributed by atoms with Gasteiger partial charge in [0.25, 0.3) is 0 Å². The topological polar surface area (TPSA) is 63.0 Å². The molecule has 0 saturated heterocycles. The maximum absolute atomic E-state index is 10.7. The summed E-state index contributed by atoms with van der Waals surface area (Å²) in [7, 11) is 6.54. The number of nitrogens with zero attached hydrogens (tertiary/aromatic N) is 1. The van der Waals surface area contributed by atoms with Crippen LogP contribution in [0, 0.1) is 14.1 Å². The Balaban J connectivity index is -0.000000135. The maximum atomic E-state index is 10.7. The standard InChI is InChI=1S/C7H13NO2.H2N.W.Y/c1-7(2,3)10-6(9)8(4)5;;;/h4-5H2,1-3H3;1H2;;/q-2;-1;+2;. The van der Waals surface area contributed by atoms with E-state index in [2.05, 4.69) is 14.1 Å². The summed E-state index contributed by atoms with van der Waals surface area (Å²) in [6.07, 6.45) is -0.521. The second-order valence-electron chi connectivity index (χ2n) is 3.02. The van der Waals surface area contributed by atoms with Crippen LogP contribution in [-0.4, -0.2) is 16.6 Å². The molecule has 0 aliphatic rings. The molecule has 1 radical (unpaired) electrons. The predicted molar refractivity (Wildman–Crippen MR) is 44.1 cm³/mol. The van der Waals surface area contributed by atoms with Crippen LogP contribution >= 0.6 is 0 Å². The van der Waals surface area contributed by atoms with Gasteiger partial charge in [-0.15, -0.1) is 0 Å². The number of ether oxygens (including phenoxy) is 1. The van der Waals surface area contributed by atoms with Gasteiger partial charge in [-0.25, -0.2) is 4.79 Å². The molecule has 0 aliphatic carbocycles. The summed E-state index contributed by atoms with van der Waals surface area (Å²) in [6.45, 7) is 5.36. The molecule has 0 saturated carbocycles. The molecule has 0 atom stereocenters. The first-order valence-corrected chi connectivity index (χ1v) is 2.97. The van der Waals surface area contributed by atoms with Gasteiger partial charge >= 0.3 is 27.2 Å². The first-order chi connectivity index (χ1) is 4.33. The summed E-state index contributed by atoms with van der Waals surface area (Å²) in [6, 6.07) is 0. The van der Waals surface area contributed by atoms with Crippen molar-refractivity contribution in [2.45, 2.75) is 26.4 Å². The number of hydrogen-bond acceptors (Lipinski definition) is 2. The Morgan fingerprint density at radius 1 is 1.31 bits per heavy atom. The number of rotatable bonds is 0. The van der Waals surface area contributed by atoms with Crippen LogP contribution < -0.4 is 0 Å². The molecule has 0 unspecified atom stereocenters.